The minimum atomic E-state index is -0.175. The Balaban J connectivity index is 1.50. The molecule has 3 heterocycles. The third kappa shape index (κ3) is 3.50. The Morgan fingerprint density at radius 1 is 0.885 bits per heavy atom. The lowest BCUT2D eigenvalue weighted by Crippen LogP contribution is -2.11. The summed E-state index contributed by atoms with van der Waals surface area (Å²) in [4.78, 5) is 25.3. The highest BCUT2D eigenvalue weighted by Gasteiger charge is 2.10. The van der Waals surface area contributed by atoms with Crippen LogP contribution in [0, 0.1) is 0 Å². The fourth-order valence-corrected chi connectivity index (χ4v) is 3.16. The van der Waals surface area contributed by atoms with Crippen molar-refractivity contribution in [3.05, 3.63) is 84.1 Å². The third-order valence-electron chi connectivity index (χ3n) is 3.78. The van der Waals surface area contributed by atoms with Crippen LogP contribution in [0.1, 0.15) is 10.4 Å². The van der Waals surface area contributed by atoms with Gasteiger partial charge in [0.2, 0.25) is 0 Å². The molecule has 4 aromatic rings. The quantitative estimate of drug-likeness (QED) is 0.582. The van der Waals surface area contributed by atoms with Crippen LogP contribution in [0.5, 0.6) is 0 Å². The van der Waals surface area contributed by atoms with Crippen molar-refractivity contribution in [2.24, 2.45) is 0 Å². The van der Waals surface area contributed by atoms with Crippen molar-refractivity contribution in [1.29, 1.82) is 0 Å². The largest absolute Gasteiger partial charge is 0.298 e. The van der Waals surface area contributed by atoms with E-state index in [0.717, 1.165) is 22.5 Å². The van der Waals surface area contributed by atoms with Crippen molar-refractivity contribution in [2.75, 3.05) is 5.32 Å². The Kier molecular flexibility index (Phi) is 4.49. The molecule has 0 aliphatic rings. The van der Waals surface area contributed by atoms with Gasteiger partial charge in [-0.2, -0.15) is 0 Å². The minimum absolute atomic E-state index is 0.175. The van der Waals surface area contributed by atoms with Crippen LogP contribution in [0.2, 0.25) is 0 Å². The predicted molar refractivity (Wildman–Crippen MR) is 103 cm³/mol. The van der Waals surface area contributed by atoms with Gasteiger partial charge in [0.1, 0.15) is 5.69 Å². The SMILES string of the molecule is O=C(Nc1nc(-c2ccc(-c3cccnc3)cn2)cs1)c1ccccc1. The zero-order valence-electron chi connectivity index (χ0n) is 13.7. The smallest absolute Gasteiger partial charge is 0.257 e. The van der Waals surface area contributed by atoms with Gasteiger partial charge in [-0.15, -0.1) is 11.3 Å². The molecular formula is C20H14N4OS. The standard InChI is InChI=1S/C20H14N4OS/c25-19(14-5-2-1-3-6-14)24-20-23-18(13-26-20)17-9-8-16(12-22-17)15-7-4-10-21-11-15/h1-13H,(H,23,24,25). The van der Waals surface area contributed by atoms with Gasteiger partial charge in [-0.05, 0) is 24.3 Å². The summed E-state index contributed by atoms with van der Waals surface area (Å²) < 4.78 is 0. The van der Waals surface area contributed by atoms with Crippen LogP contribution in [-0.4, -0.2) is 20.9 Å². The summed E-state index contributed by atoms with van der Waals surface area (Å²) in [6.45, 7) is 0. The second-order valence-electron chi connectivity index (χ2n) is 5.53. The number of thiazole rings is 1. The van der Waals surface area contributed by atoms with Crippen LogP contribution in [0.15, 0.2) is 78.6 Å². The number of hydrogen-bond acceptors (Lipinski definition) is 5. The molecule has 1 aromatic carbocycles. The fraction of sp³-hybridized carbons (Fsp3) is 0. The summed E-state index contributed by atoms with van der Waals surface area (Å²) in [7, 11) is 0. The Bertz CT molecular complexity index is 1010. The van der Waals surface area contributed by atoms with Gasteiger partial charge in [0, 0.05) is 40.7 Å². The summed E-state index contributed by atoms with van der Waals surface area (Å²) in [5.41, 5.74) is 4.10. The number of pyridine rings is 2. The van der Waals surface area contributed by atoms with Crippen molar-refractivity contribution in [1.82, 2.24) is 15.0 Å². The van der Waals surface area contributed by atoms with Crippen LogP contribution in [0.3, 0.4) is 0 Å². The molecule has 0 aliphatic carbocycles. The molecule has 0 unspecified atom stereocenters. The van der Waals surface area contributed by atoms with E-state index in [1.807, 2.05) is 47.8 Å². The molecule has 26 heavy (non-hydrogen) atoms. The summed E-state index contributed by atoms with van der Waals surface area (Å²) in [5.74, 6) is -0.175. The van der Waals surface area contributed by atoms with Crippen molar-refractivity contribution in [2.45, 2.75) is 0 Å². The van der Waals surface area contributed by atoms with E-state index in [0.29, 0.717) is 10.7 Å². The van der Waals surface area contributed by atoms with E-state index in [1.165, 1.54) is 11.3 Å². The highest BCUT2D eigenvalue weighted by atomic mass is 32.1. The topological polar surface area (TPSA) is 67.8 Å². The number of carbonyl (C=O) groups excluding carboxylic acids is 1. The van der Waals surface area contributed by atoms with Gasteiger partial charge in [0.25, 0.3) is 5.91 Å². The molecule has 0 bridgehead atoms. The normalized spacial score (nSPS) is 10.5. The Labute approximate surface area is 154 Å². The number of nitrogens with zero attached hydrogens (tertiary/aromatic N) is 3. The number of amides is 1. The van der Waals surface area contributed by atoms with Crippen LogP contribution >= 0.6 is 11.3 Å². The monoisotopic (exact) mass is 358 g/mol. The first kappa shape index (κ1) is 16.1. The number of rotatable bonds is 4. The molecule has 6 heteroatoms. The van der Waals surface area contributed by atoms with E-state index < -0.39 is 0 Å². The van der Waals surface area contributed by atoms with E-state index in [-0.39, 0.29) is 5.91 Å². The Morgan fingerprint density at radius 2 is 1.73 bits per heavy atom. The lowest BCUT2D eigenvalue weighted by Gasteiger charge is -2.02. The lowest BCUT2D eigenvalue weighted by molar-refractivity contribution is 0.102. The predicted octanol–water partition coefficient (Wildman–Crippen LogP) is 4.52. The van der Waals surface area contributed by atoms with E-state index in [9.17, 15) is 4.79 Å². The molecular weight excluding hydrogens is 344 g/mol. The van der Waals surface area contributed by atoms with E-state index in [2.05, 4.69) is 20.3 Å². The van der Waals surface area contributed by atoms with E-state index in [1.54, 1.807) is 30.7 Å². The second-order valence-corrected chi connectivity index (χ2v) is 6.39. The van der Waals surface area contributed by atoms with Crippen molar-refractivity contribution in [3.8, 4) is 22.5 Å². The molecule has 0 saturated carbocycles. The van der Waals surface area contributed by atoms with Gasteiger partial charge >= 0.3 is 0 Å². The summed E-state index contributed by atoms with van der Waals surface area (Å²) in [6, 6.07) is 16.9. The number of nitrogens with one attached hydrogen (secondary N) is 1. The second kappa shape index (κ2) is 7.25. The number of carbonyl (C=O) groups is 1. The first-order valence-electron chi connectivity index (χ1n) is 7.98. The molecule has 0 fully saturated rings. The maximum absolute atomic E-state index is 12.2. The summed E-state index contributed by atoms with van der Waals surface area (Å²) >= 11 is 1.37. The van der Waals surface area contributed by atoms with Gasteiger partial charge < -0.3 is 0 Å². The van der Waals surface area contributed by atoms with Crippen LogP contribution in [0.4, 0.5) is 5.13 Å². The third-order valence-corrected chi connectivity index (χ3v) is 4.54. The van der Waals surface area contributed by atoms with Crippen molar-refractivity contribution in [3.63, 3.8) is 0 Å². The molecule has 5 nitrogen and oxygen atoms in total. The maximum Gasteiger partial charge on any atom is 0.257 e. The van der Waals surface area contributed by atoms with Gasteiger partial charge in [0.05, 0.1) is 5.69 Å². The molecule has 0 atom stereocenters. The summed E-state index contributed by atoms with van der Waals surface area (Å²) in [5, 5.41) is 5.25. The van der Waals surface area contributed by atoms with E-state index in [4.69, 9.17) is 0 Å². The molecule has 126 valence electrons. The van der Waals surface area contributed by atoms with Gasteiger partial charge in [0.15, 0.2) is 5.13 Å². The minimum Gasteiger partial charge on any atom is -0.298 e. The van der Waals surface area contributed by atoms with Crippen molar-refractivity contribution < 1.29 is 4.79 Å². The molecule has 0 aliphatic heterocycles. The number of hydrogen-bond donors (Lipinski definition) is 1. The van der Waals surface area contributed by atoms with Gasteiger partial charge in [-0.25, -0.2) is 4.98 Å². The van der Waals surface area contributed by atoms with Gasteiger partial charge in [-0.1, -0.05) is 30.3 Å². The van der Waals surface area contributed by atoms with Crippen LogP contribution < -0.4 is 5.32 Å². The highest BCUT2D eigenvalue weighted by Crippen LogP contribution is 2.25. The zero-order chi connectivity index (χ0) is 17.8. The first-order chi connectivity index (χ1) is 12.8. The Hall–Kier alpha value is -3.38. The average Bonchev–Trinajstić information content (AvgIpc) is 3.18. The van der Waals surface area contributed by atoms with Crippen molar-refractivity contribution >= 4 is 22.4 Å². The molecule has 1 N–H and O–H groups in total. The fourth-order valence-electron chi connectivity index (χ4n) is 2.46. The molecule has 3 aromatic heterocycles. The maximum atomic E-state index is 12.2. The molecule has 0 saturated heterocycles. The number of benzene rings is 1. The highest BCUT2D eigenvalue weighted by molar-refractivity contribution is 7.14. The zero-order valence-corrected chi connectivity index (χ0v) is 14.5. The van der Waals surface area contributed by atoms with E-state index >= 15 is 0 Å². The summed E-state index contributed by atoms with van der Waals surface area (Å²) in [6.07, 6.45) is 5.34. The number of aromatic nitrogens is 3. The van der Waals surface area contributed by atoms with Crippen LogP contribution in [0.25, 0.3) is 22.5 Å². The molecule has 0 radical (unpaired) electrons. The lowest BCUT2D eigenvalue weighted by atomic mass is 10.1. The first-order valence-corrected chi connectivity index (χ1v) is 8.86. The molecule has 1 amide bonds. The number of anilines is 1. The van der Waals surface area contributed by atoms with Crippen LogP contribution in [-0.2, 0) is 0 Å². The van der Waals surface area contributed by atoms with Gasteiger partial charge in [-0.3, -0.25) is 20.1 Å². The Morgan fingerprint density at radius 3 is 2.46 bits per heavy atom. The average molecular weight is 358 g/mol. The molecule has 4 rings (SSSR count). The molecule has 0 spiro atoms.